The summed E-state index contributed by atoms with van der Waals surface area (Å²) in [6.07, 6.45) is 6.09. The molecule has 9 nitrogen and oxygen atoms in total. The van der Waals surface area contributed by atoms with Gasteiger partial charge in [0.2, 0.25) is 16.2 Å². The zero-order valence-corrected chi connectivity index (χ0v) is 25.5. The van der Waals surface area contributed by atoms with E-state index in [1.807, 2.05) is 43.5 Å². The number of benzene rings is 1. The Morgan fingerprint density at radius 1 is 1.05 bits per heavy atom. The molecule has 2 fully saturated rings. The minimum absolute atomic E-state index is 0.0819. The van der Waals surface area contributed by atoms with Crippen molar-refractivity contribution in [2.45, 2.75) is 53.0 Å². The molecule has 5 rings (SSSR count). The van der Waals surface area contributed by atoms with E-state index in [0.717, 1.165) is 84.7 Å². The molecule has 4 heterocycles. The van der Waals surface area contributed by atoms with Gasteiger partial charge in [0.1, 0.15) is 5.75 Å². The lowest BCUT2D eigenvalue weighted by Gasteiger charge is -2.35. The predicted octanol–water partition coefficient (Wildman–Crippen LogP) is 5.04. The molecule has 3 aromatic rings. The molecule has 41 heavy (non-hydrogen) atoms. The number of aromatic nitrogens is 3. The molecule has 0 radical (unpaired) electrons. The van der Waals surface area contributed by atoms with Gasteiger partial charge in [-0.1, -0.05) is 25.2 Å². The van der Waals surface area contributed by atoms with E-state index >= 15 is 0 Å². The summed E-state index contributed by atoms with van der Waals surface area (Å²) in [6, 6.07) is 12.1. The number of nitrogens with one attached hydrogen (secondary N) is 2. The van der Waals surface area contributed by atoms with Gasteiger partial charge in [-0.15, -0.1) is 10.2 Å². The second-order valence-corrected chi connectivity index (χ2v) is 12.6. The Labute approximate surface area is 248 Å². The number of carbonyl (C=O) groups is 1. The molecule has 1 amide bonds. The van der Waals surface area contributed by atoms with Crippen LogP contribution in [0, 0.1) is 17.8 Å². The van der Waals surface area contributed by atoms with Crippen LogP contribution in [-0.2, 0) is 11.3 Å². The molecule has 222 valence electrons. The van der Waals surface area contributed by atoms with Gasteiger partial charge >= 0.3 is 0 Å². The number of piperidine rings is 2. The Bertz CT molecular complexity index is 1230. The fourth-order valence-corrected chi connectivity index (χ4v) is 7.09. The van der Waals surface area contributed by atoms with E-state index in [1.54, 1.807) is 11.3 Å². The first-order valence-corrected chi connectivity index (χ1v) is 16.0. The van der Waals surface area contributed by atoms with Crippen LogP contribution in [-0.4, -0.2) is 71.4 Å². The molecule has 0 aliphatic carbocycles. The molecule has 0 bridgehead atoms. The standard InChI is InChI=1S/C31H45N7O2S/c1-4-40-28-10-8-26(9-11-28)33-20-27-7-5-16-38(27)31-35-34-30(41-31)37-17-12-25(13-18-37)29(39)32-14-6-15-36-21-23(2)19-24(3)22-36/h5,7-11,16,23-25,33H,4,6,12-15,17-22H2,1-3H3,(H,32,39)/t23-,24+. The van der Waals surface area contributed by atoms with E-state index in [1.165, 1.54) is 19.5 Å². The lowest BCUT2D eigenvalue weighted by molar-refractivity contribution is -0.125. The molecule has 0 spiro atoms. The van der Waals surface area contributed by atoms with Crippen LogP contribution in [0.3, 0.4) is 0 Å². The normalized spacial score (nSPS) is 20.2. The average Bonchev–Trinajstić information content (AvgIpc) is 3.65. The summed E-state index contributed by atoms with van der Waals surface area (Å²) in [5, 5.41) is 17.5. The van der Waals surface area contributed by atoms with Gasteiger partial charge < -0.3 is 25.2 Å². The van der Waals surface area contributed by atoms with E-state index in [-0.39, 0.29) is 11.8 Å². The van der Waals surface area contributed by atoms with Crippen LogP contribution in [0.1, 0.15) is 52.1 Å². The van der Waals surface area contributed by atoms with Crippen molar-refractivity contribution in [2.24, 2.45) is 17.8 Å². The number of likely N-dealkylation sites (tertiary alicyclic amines) is 1. The van der Waals surface area contributed by atoms with Gasteiger partial charge in [0.15, 0.2) is 0 Å². The highest BCUT2D eigenvalue weighted by Gasteiger charge is 2.27. The molecule has 2 aliphatic rings. The summed E-state index contributed by atoms with van der Waals surface area (Å²) in [6.45, 7) is 13.9. The molecule has 0 saturated carbocycles. The SMILES string of the molecule is CCOc1ccc(NCc2cccn2-c2nnc(N3CCC(C(=O)NCCCN4C[C@H](C)C[C@H](C)C4)CC3)s2)cc1. The smallest absolute Gasteiger partial charge is 0.223 e. The maximum Gasteiger partial charge on any atom is 0.223 e. The largest absolute Gasteiger partial charge is 0.494 e. The Kier molecular flexibility index (Phi) is 10.2. The summed E-state index contributed by atoms with van der Waals surface area (Å²) in [4.78, 5) is 17.7. The second-order valence-electron chi connectivity index (χ2n) is 11.7. The highest BCUT2D eigenvalue weighted by Crippen LogP contribution is 2.29. The van der Waals surface area contributed by atoms with Crippen molar-refractivity contribution in [2.75, 3.05) is 56.1 Å². The van der Waals surface area contributed by atoms with Crippen LogP contribution < -0.4 is 20.3 Å². The first kappa shape index (κ1) is 29.4. The van der Waals surface area contributed by atoms with Crippen molar-refractivity contribution < 1.29 is 9.53 Å². The topological polar surface area (TPSA) is 87.5 Å². The monoisotopic (exact) mass is 579 g/mol. The van der Waals surface area contributed by atoms with E-state index in [4.69, 9.17) is 4.74 Å². The number of hydrogen-bond acceptors (Lipinski definition) is 8. The number of rotatable bonds is 12. The van der Waals surface area contributed by atoms with Crippen molar-refractivity contribution in [3.8, 4) is 10.9 Å². The zero-order valence-electron chi connectivity index (χ0n) is 24.7. The van der Waals surface area contributed by atoms with Gasteiger partial charge in [-0.2, -0.15) is 0 Å². The minimum atomic E-state index is 0.0819. The van der Waals surface area contributed by atoms with Gasteiger partial charge in [-0.3, -0.25) is 9.36 Å². The lowest BCUT2D eigenvalue weighted by atomic mass is 9.92. The summed E-state index contributed by atoms with van der Waals surface area (Å²) < 4.78 is 7.62. The van der Waals surface area contributed by atoms with Crippen molar-refractivity contribution >= 4 is 28.1 Å². The highest BCUT2D eigenvalue weighted by molar-refractivity contribution is 7.17. The molecule has 2 saturated heterocycles. The second kappa shape index (κ2) is 14.2. The van der Waals surface area contributed by atoms with E-state index < -0.39 is 0 Å². The third-order valence-electron chi connectivity index (χ3n) is 8.11. The number of carbonyl (C=O) groups excluding carboxylic acids is 1. The van der Waals surface area contributed by atoms with Crippen molar-refractivity contribution in [1.82, 2.24) is 25.0 Å². The van der Waals surface area contributed by atoms with E-state index in [2.05, 4.69) is 55.1 Å². The molecule has 2 aliphatic heterocycles. The Morgan fingerprint density at radius 3 is 2.51 bits per heavy atom. The summed E-state index contributed by atoms with van der Waals surface area (Å²) in [5.41, 5.74) is 2.15. The highest BCUT2D eigenvalue weighted by atomic mass is 32.1. The Balaban J connectivity index is 1.05. The maximum absolute atomic E-state index is 12.8. The third-order valence-corrected chi connectivity index (χ3v) is 9.10. The van der Waals surface area contributed by atoms with Crippen LogP contribution in [0.25, 0.3) is 5.13 Å². The molecule has 2 aromatic heterocycles. The fourth-order valence-electron chi connectivity index (χ4n) is 6.17. The number of hydrogen-bond donors (Lipinski definition) is 2. The van der Waals surface area contributed by atoms with Gasteiger partial charge in [-0.25, -0.2) is 0 Å². The quantitative estimate of drug-likeness (QED) is 0.291. The number of anilines is 2. The lowest BCUT2D eigenvalue weighted by Crippen LogP contribution is -2.42. The maximum atomic E-state index is 12.8. The van der Waals surface area contributed by atoms with Gasteiger partial charge in [0.05, 0.1) is 13.2 Å². The van der Waals surface area contributed by atoms with Gasteiger partial charge in [0.25, 0.3) is 0 Å². The molecular weight excluding hydrogens is 534 g/mol. The minimum Gasteiger partial charge on any atom is -0.494 e. The van der Waals surface area contributed by atoms with Crippen LogP contribution in [0.5, 0.6) is 5.75 Å². The predicted molar refractivity (Wildman–Crippen MR) is 166 cm³/mol. The number of ether oxygens (including phenoxy) is 1. The van der Waals surface area contributed by atoms with Crippen molar-refractivity contribution in [3.05, 3.63) is 48.3 Å². The summed E-state index contributed by atoms with van der Waals surface area (Å²) >= 11 is 1.60. The van der Waals surface area contributed by atoms with Crippen LogP contribution >= 0.6 is 11.3 Å². The molecule has 0 unspecified atom stereocenters. The zero-order chi connectivity index (χ0) is 28.6. The Morgan fingerprint density at radius 2 is 1.78 bits per heavy atom. The molecule has 2 atom stereocenters. The first-order valence-electron chi connectivity index (χ1n) is 15.2. The molecule has 1 aromatic carbocycles. The number of amides is 1. The van der Waals surface area contributed by atoms with Crippen LogP contribution in [0.15, 0.2) is 42.6 Å². The summed E-state index contributed by atoms with van der Waals surface area (Å²) in [5.74, 6) is 2.72. The fraction of sp³-hybridized carbons (Fsp3) is 0.581. The first-order chi connectivity index (χ1) is 20.0. The van der Waals surface area contributed by atoms with Gasteiger partial charge in [-0.05, 0) is 87.4 Å². The van der Waals surface area contributed by atoms with Crippen LogP contribution in [0.2, 0.25) is 0 Å². The van der Waals surface area contributed by atoms with Crippen LogP contribution in [0.4, 0.5) is 10.8 Å². The third kappa shape index (κ3) is 8.01. The summed E-state index contributed by atoms with van der Waals surface area (Å²) in [7, 11) is 0. The van der Waals surface area contributed by atoms with E-state index in [9.17, 15) is 4.79 Å². The van der Waals surface area contributed by atoms with Crippen molar-refractivity contribution in [3.63, 3.8) is 0 Å². The molecule has 10 heteroatoms. The average molecular weight is 580 g/mol. The number of nitrogens with zero attached hydrogens (tertiary/aromatic N) is 5. The van der Waals surface area contributed by atoms with E-state index in [0.29, 0.717) is 13.2 Å². The molecule has 2 N–H and O–H groups in total. The van der Waals surface area contributed by atoms with Gasteiger partial charge in [0, 0.05) is 56.2 Å². The molecular formula is C31H45N7O2S. The Hall–Kier alpha value is -3.11. The van der Waals surface area contributed by atoms with Crippen molar-refractivity contribution in [1.29, 1.82) is 0 Å².